The van der Waals surface area contributed by atoms with Gasteiger partial charge in [0.2, 0.25) is 6.10 Å². The molecule has 24 heavy (non-hydrogen) atoms. The monoisotopic (exact) mass is 346 g/mol. The van der Waals surface area contributed by atoms with Crippen LogP contribution in [0.2, 0.25) is 0 Å². The molecule has 8 heteroatoms. The number of halogens is 3. The van der Waals surface area contributed by atoms with Gasteiger partial charge in [-0.1, -0.05) is 36.4 Å². The molecule has 1 aromatic rings. The van der Waals surface area contributed by atoms with Gasteiger partial charge in [-0.15, -0.1) is 0 Å². The maximum absolute atomic E-state index is 12.8. The van der Waals surface area contributed by atoms with Gasteiger partial charge in [0.05, 0.1) is 19.1 Å². The van der Waals surface area contributed by atoms with E-state index in [4.69, 9.17) is 9.84 Å². The summed E-state index contributed by atoms with van der Waals surface area (Å²) in [7, 11) is 0. The van der Waals surface area contributed by atoms with Crippen molar-refractivity contribution in [2.24, 2.45) is 0 Å². The number of carboxylic acid groups (broad SMARTS) is 1. The molecule has 0 heterocycles. The van der Waals surface area contributed by atoms with Gasteiger partial charge in [0, 0.05) is 6.92 Å². The summed E-state index contributed by atoms with van der Waals surface area (Å²) in [5.41, 5.74) is 0.744. The minimum Gasteiger partial charge on any atom is -0.481 e. The van der Waals surface area contributed by atoms with Crippen molar-refractivity contribution in [2.45, 2.75) is 38.3 Å². The molecule has 0 aliphatic heterocycles. The van der Waals surface area contributed by atoms with Gasteiger partial charge in [-0.05, 0) is 11.6 Å². The van der Waals surface area contributed by atoms with Crippen molar-refractivity contribution in [1.82, 2.24) is 0 Å². The molecule has 0 aromatic heterocycles. The highest BCUT2D eigenvalue weighted by molar-refractivity contribution is 5.68. The Balaban J connectivity index is 2.78. The zero-order chi connectivity index (χ0) is 18.2. The third-order valence-electron chi connectivity index (χ3n) is 2.80. The van der Waals surface area contributed by atoms with E-state index < -0.39 is 36.7 Å². The molecule has 132 valence electrons. The minimum atomic E-state index is -4.80. The Kier molecular flexibility index (Phi) is 7.44. The van der Waals surface area contributed by atoms with E-state index in [0.29, 0.717) is 6.08 Å². The smallest absolute Gasteiger partial charge is 0.429 e. The Morgan fingerprint density at radius 3 is 2.33 bits per heavy atom. The quantitative estimate of drug-likeness (QED) is 0.578. The zero-order valence-corrected chi connectivity index (χ0v) is 12.8. The molecule has 0 bridgehead atoms. The van der Waals surface area contributed by atoms with Gasteiger partial charge in [0.25, 0.3) is 0 Å². The molecule has 0 saturated carbocycles. The topological polar surface area (TPSA) is 72.8 Å². The van der Waals surface area contributed by atoms with Crippen molar-refractivity contribution in [3.8, 4) is 0 Å². The fourth-order valence-electron chi connectivity index (χ4n) is 1.75. The molecule has 1 rings (SSSR count). The van der Waals surface area contributed by atoms with Gasteiger partial charge in [0.1, 0.15) is 0 Å². The van der Waals surface area contributed by atoms with Crippen LogP contribution in [0.3, 0.4) is 0 Å². The molecule has 2 atom stereocenters. The molecule has 0 aliphatic carbocycles. The highest BCUT2D eigenvalue weighted by atomic mass is 19.4. The average Bonchev–Trinajstić information content (AvgIpc) is 2.47. The lowest BCUT2D eigenvalue weighted by Gasteiger charge is -2.18. The fraction of sp³-hybridized carbons (Fsp3) is 0.375. The zero-order valence-electron chi connectivity index (χ0n) is 12.8. The van der Waals surface area contributed by atoms with Crippen LogP contribution >= 0.6 is 0 Å². The van der Waals surface area contributed by atoms with Crippen LogP contribution in [0.25, 0.3) is 0 Å². The van der Waals surface area contributed by atoms with Crippen LogP contribution in [0, 0.1) is 0 Å². The standard InChI is InChI=1S/C16H17F3O5/c1-11(20)24-14(16(17,18)19)8-7-13(9-15(21)22)23-10-12-5-3-2-4-6-12/h2-8,13-14H,9-10H2,1H3,(H,21,22). The lowest BCUT2D eigenvalue weighted by atomic mass is 10.2. The summed E-state index contributed by atoms with van der Waals surface area (Å²) in [4.78, 5) is 21.6. The Labute approximate surface area is 136 Å². The van der Waals surface area contributed by atoms with E-state index in [2.05, 4.69) is 4.74 Å². The molecule has 1 aromatic carbocycles. The largest absolute Gasteiger partial charge is 0.481 e. The Bertz CT molecular complexity index is 569. The molecule has 0 amide bonds. The average molecular weight is 346 g/mol. The van der Waals surface area contributed by atoms with Crippen molar-refractivity contribution in [3.05, 3.63) is 48.0 Å². The number of aliphatic carboxylic acids is 1. The van der Waals surface area contributed by atoms with Crippen molar-refractivity contribution in [3.63, 3.8) is 0 Å². The number of benzene rings is 1. The van der Waals surface area contributed by atoms with Crippen LogP contribution in [-0.2, 0) is 25.7 Å². The summed E-state index contributed by atoms with van der Waals surface area (Å²) in [6.45, 7) is 0.889. The molecule has 0 spiro atoms. The number of esters is 1. The normalized spacial score (nSPS) is 14.3. The molecule has 0 saturated heterocycles. The summed E-state index contributed by atoms with van der Waals surface area (Å²) in [5, 5.41) is 8.83. The Morgan fingerprint density at radius 2 is 1.83 bits per heavy atom. The van der Waals surface area contributed by atoms with E-state index in [1.54, 1.807) is 30.3 Å². The summed E-state index contributed by atoms with van der Waals surface area (Å²) >= 11 is 0. The van der Waals surface area contributed by atoms with Crippen LogP contribution in [0.5, 0.6) is 0 Å². The minimum absolute atomic E-state index is 0.0351. The van der Waals surface area contributed by atoms with Gasteiger partial charge < -0.3 is 14.6 Å². The van der Waals surface area contributed by atoms with Crippen molar-refractivity contribution in [2.75, 3.05) is 0 Å². The summed E-state index contributed by atoms with van der Waals surface area (Å²) in [6.07, 6.45) is -7.34. The van der Waals surface area contributed by atoms with Gasteiger partial charge in [0.15, 0.2) is 0 Å². The fourth-order valence-corrected chi connectivity index (χ4v) is 1.75. The third kappa shape index (κ3) is 7.77. The third-order valence-corrected chi connectivity index (χ3v) is 2.80. The first-order valence-corrected chi connectivity index (χ1v) is 6.98. The van der Waals surface area contributed by atoms with Crippen LogP contribution < -0.4 is 0 Å². The number of carbonyl (C=O) groups is 2. The van der Waals surface area contributed by atoms with E-state index in [1.165, 1.54) is 0 Å². The molecular weight excluding hydrogens is 329 g/mol. The van der Waals surface area contributed by atoms with E-state index in [9.17, 15) is 22.8 Å². The Morgan fingerprint density at radius 1 is 1.21 bits per heavy atom. The van der Waals surface area contributed by atoms with Gasteiger partial charge >= 0.3 is 18.1 Å². The summed E-state index contributed by atoms with van der Waals surface area (Å²) in [5.74, 6) is -2.32. The highest BCUT2D eigenvalue weighted by Crippen LogP contribution is 2.24. The molecule has 2 unspecified atom stereocenters. The first kappa shape index (κ1) is 19.7. The van der Waals surface area contributed by atoms with Gasteiger partial charge in [-0.2, -0.15) is 13.2 Å². The molecule has 0 fully saturated rings. The number of alkyl halides is 3. The molecule has 5 nitrogen and oxygen atoms in total. The lowest BCUT2D eigenvalue weighted by molar-refractivity contribution is -0.207. The van der Waals surface area contributed by atoms with Crippen molar-refractivity contribution in [1.29, 1.82) is 0 Å². The molecular formula is C16H17F3O5. The first-order valence-electron chi connectivity index (χ1n) is 6.98. The van der Waals surface area contributed by atoms with Crippen LogP contribution in [-0.4, -0.2) is 35.4 Å². The lowest BCUT2D eigenvalue weighted by Crippen LogP contribution is -2.31. The second-order valence-corrected chi connectivity index (χ2v) is 4.89. The van der Waals surface area contributed by atoms with Gasteiger partial charge in [-0.3, -0.25) is 9.59 Å². The molecule has 0 radical (unpaired) electrons. The van der Waals surface area contributed by atoms with E-state index in [1.807, 2.05) is 0 Å². The van der Waals surface area contributed by atoms with E-state index >= 15 is 0 Å². The maximum Gasteiger partial charge on any atom is 0.429 e. The van der Waals surface area contributed by atoms with Crippen LogP contribution in [0.15, 0.2) is 42.5 Å². The van der Waals surface area contributed by atoms with Crippen LogP contribution in [0.1, 0.15) is 18.9 Å². The summed E-state index contributed by atoms with van der Waals surface area (Å²) < 4.78 is 47.8. The Hall–Kier alpha value is -2.35. The van der Waals surface area contributed by atoms with Crippen LogP contribution in [0.4, 0.5) is 13.2 Å². The number of hydrogen-bond donors (Lipinski definition) is 1. The second-order valence-electron chi connectivity index (χ2n) is 4.89. The predicted molar refractivity (Wildman–Crippen MR) is 78.0 cm³/mol. The number of rotatable bonds is 8. The van der Waals surface area contributed by atoms with E-state index in [-0.39, 0.29) is 6.61 Å². The SMILES string of the molecule is CC(=O)OC(C=CC(CC(=O)O)OCc1ccccc1)C(F)(F)F. The number of carbonyl (C=O) groups excluding carboxylic acids is 1. The van der Waals surface area contributed by atoms with Crippen molar-refractivity contribution >= 4 is 11.9 Å². The maximum atomic E-state index is 12.8. The summed E-state index contributed by atoms with van der Waals surface area (Å²) in [6, 6.07) is 8.76. The van der Waals surface area contributed by atoms with E-state index in [0.717, 1.165) is 18.6 Å². The van der Waals surface area contributed by atoms with Crippen molar-refractivity contribution < 1.29 is 37.3 Å². The number of hydrogen-bond acceptors (Lipinski definition) is 4. The molecule has 1 N–H and O–H groups in total. The van der Waals surface area contributed by atoms with Gasteiger partial charge in [-0.25, -0.2) is 0 Å². The highest BCUT2D eigenvalue weighted by Gasteiger charge is 2.40. The number of ether oxygens (including phenoxy) is 2. The first-order chi connectivity index (χ1) is 11.2. The number of carboxylic acids is 1. The second kappa shape index (κ2) is 9.07. The predicted octanol–water partition coefficient (Wildman–Crippen LogP) is 3.10. The molecule has 0 aliphatic rings.